The van der Waals surface area contributed by atoms with Crippen LogP contribution in [0.4, 0.5) is 0 Å². The summed E-state index contributed by atoms with van der Waals surface area (Å²) in [7, 11) is 1.72. The van der Waals surface area contributed by atoms with Gasteiger partial charge in [-0.25, -0.2) is 0 Å². The molecule has 0 unspecified atom stereocenters. The highest BCUT2D eigenvalue weighted by Crippen LogP contribution is 2.39. The fourth-order valence-electron chi connectivity index (χ4n) is 4.45. The Bertz CT molecular complexity index is 748. The molecular formula is C23H31ClN2O2. The monoisotopic (exact) mass is 402 g/mol. The molecule has 2 aliphatic heterocycles. The molecule has 2 aromatic rings. The van der Waals surface area contributed by atoms with Crippen LogP contribution in [0.2, 0.25) is 0 Å². The van der Waals surface area contributed by atoms with Gasteiger partial charge in [-0.3, -0.25) is 4.90 Å². The molecule has 0 bridgehead atoms. The van der Waals surface area contributed by atoms with Crippen LogP contribution < -0.4 is 14.8 Å². The second kappa shape index (κ2) is 9.64. The topological polar surface area (TPSA) is 33.7 Å². The third-order valence-corrected chi connectivity index (χ3v) is 6.05. The summed E-state index contributed by atoms with van der Waals surface area (Å²) in [4.78, 5) is 2.60. The summed E-state index contributed by atoms with van der Waals surface area (Å²) >= 11 is 0. The summed E-state index contributed by atoms with van der Waals surface area (Å²) in [5.41, 5.74) is 3.01. The lowest BCUT2D eigenvalue weighted by Gasteiger charge is -2.34. The zero-order valence-electron chi connectivity index (χ0n) is 16.7. The van der Waals surface area contributed by atoms with Crippen molar-refractivity contribution in [3.63, 3.8) is 0 Å². The summed E-state index contributed by atoms with van der Waals surface area (Å²) in [6.07, 6.45) is 3.97. The fraction of sp³-hybridized carbons (Fsp3) is 0.478. The van der Waals surface area contributed by atoms with Crippen LogP contribution in [0.25, 0.3) is 0 Å². The Balaban J connectivity index is 0.00000225. The van der Waals surface area contributed by atoms with Crippen molar-refractivity contribution in [2.24, 2.45) is 5.41 Å². The number of ether oxygens (including phenoxy) is 2. The third kappa shape index (κ3) is 4.99. The van der Waals surface area contributed by atoms with Crippen LogP contribution in [-0.4, -0.2) is 38.2 Å². The molecule has 0 radical (unpaired) electrons. The van der Waals surface area contributed by atoms with E-state index in [9.17, 15) is 0 Å². The van der Waals surface area contributed by atoms with E-state index in [0.29, 0.717) is 12.0 Å². The van der Waals surface area contributed by atoms with Gasteiger partial charge >= 0.3 is 0 Å². The van der Waals surface area contributed by atoms with Gasteiger partial charge in [-0.1, -0.05) is 36.4 Å². The summed E-state index contributed by atoms with van der Waals surface area (Å²) in [6, 6.07) is 16.6. The first-order valence-electron chi connectivity index (χ1n) is 10.0. The first kappa shape index (κ1) is 21.0. The quantitative estimate of drug-likeness (QED) is 0.782. The lowest BCUT2D eigenvalue weighted by atomic mass is 9.78. The predicted molar refractivity (Wildman–Crippen MR) is 115 cm³/mol. The Morgan fingerprint density at radius 3 is 2.50 bits per heavy atom. The highest BCUT2D eigenvalue weighted by molar-refractivity contribution is 5.85. The average molecular weight is 403 g/mol. The Kier molecular flexibility index (Phi) is 7.22. The van der Waals surface area contributed by atoms with Crippen LogP contribution in [0.3, 0.4) is 0 Å². The van der Waals surface area contributed by atoms with Gasteiger partial charge in [-0.2, -0.15) is 0 Å². The number of benzene rings is 2. The largest absolute Gasteiger partial charge is 0.493 e. The van der Waals surface area contributed by atoms with Gasteiger partial charge in [-0.15, -0.1) is 12.4 Å². The molecule has 0 saturated carbocycles. The molecule has 0 aromatic heterocycles. The van der Waals surface area contributed by atoms with Crippen LogP contribution in [0.1, 0.15) is 30.4 Å². The molecule has 2 aliphatic rings. The average Bonchev–Trinajstić information content (AvgIpc) is 3.09. The van der Waals surface area contributed by atoms with Crippen molar-refractivity contribution in [1.29, 1.82) is 0 Å². The Hall–Kier alpha value is -1.75. The van der Waals surface area contributed by atoms with Gasteiger partial charge in [0, 0.05) is 13.1 Å². The van der Waals surface area contributed by atoms with Gasteiger partial charge in [0.05, 0.1) is 7.11 Å². The summed E-state index contributed by atoms with van der Waals surface area (Å²) in [5, 5.41) is 3.50. The number of likely N-dealkylation sites (tertiary alicyclic amines) is 1. The van der Waals surface area contributed by atoms with E-state index in [1.54, 1.807) is 7.11 Å². The molecule has 152 valence electrons. The minimum atomic E-state index is 0. The summed E-state index contributed by atoms with van der Waals surface area (Å²) in [6.45, 7) is 6.33. The zero-order valence-corrected chi connectivity index (χ0v) is 17.5. The molecule has 2 aromatic carbocycles. The second-order valence-corrected chi connectivity index (χ2v) is 7.97. The first-order chi connectivity index (χ1) is 13.3. The minimum Gasteiger partial charge on any atom is -0.493 e. The highest BCUT2D eigenvalue weighted by Gasteiger charge is 2.38. The molecule has 1 N–H and O–H groups in total. The van der Waals surface area contributed by atoms with Crippen LogP contribution in [0.15, 0.2) is 48.5 Å². The summed E-state index contributed by atoms with van der Waals surface area (Å²) in [5.74, 6) is 1.63. The number of hydrogen-bond acceptors (Lipinski definition) is 4. The standard InChI is InChI=1S/C23H30N2O2.ClH/c1-26-22-15-20(7-8-21(22)27-17-19-5-3-2-4-6-19)16-25-14-11-23(18-25)9-12-24-13-10-23;/h2-8,15,24H,9-14,16-18H2,1H3;1H. The molecule has 4 rings (SSSR count). The molecule has 2 saturated heterocycles. The molecular weight excluding hydrogens is 372 g/mol. The van der Waals surface area contributed by atoms with Crippen molar-refractivity contribution in [1.82, 2.24) is 10.2 Å². The number of rotatable bonds is 6. The SMILES string of the molecule is COc1cc(CN2CCC3(CCNCC3)C2)ccc1OCc1ccccc1.Cl. The number of piperidine rings is 1. The van der Waals surface area contributed by atoms with Gasteiger partial charge in [0.2, 0.25) is 0 Å². The molecule has 0 atom stereocenters. The van der Waals surface area contributed by atoms with Crippen molar-refractivity contribution in [3.8, 4) is 11.5 Å². The molecule has 1 spiro atoms. The van der Waals surface area contributed by atoms with Gasteiger partial charge in [0.1, 0.15) is 6.61 Å². The number of methoxy groups -OCH3 is 1. The fourth-order valence-corrected chi connectivity index (χ4v) is 4.45. The van der Waals surface area contributed by atoms with Crippen LogP contribution in [-0.2, 0) is 13.2 Å². The lowest BCUT2D eigenvalue weighted by molar-refractivity contribution is 0.194. The van der Waals surface area contributed by atoms with E-state index in [1.807, 2.05) is 24.3 Å². The molecule has 28 heavy (non-hydrogen) atoms. The summed E-state index contributed by atoms with van der Waals surface area (Å²) < 4.78 is 11.6. The third-order valence-electron chi connectivity index (χ3n) is 6.05. The molecule has 0 amide bonds. The van der Waals surface area contributed by atoms with Gasteiger partial charge in [0.25, 0.3) is 0 Å². The van der Waals surface area contributed by atoms with Gasteiger partial charge < -0.3 is 14.8 Å². The van der Waals surface area contributed by atoms with Crippen LogP contribution in [0.5, 0.6) is 11.5 Å². The van der Waals surface area contributed by atoms with Crippen molar-refractivity contribution >= 4 is 12.4 Å². The molecule has 5 heteroatoms. The number of nitrogens with one attached hydrogen (secondary N) is 1. The maximum Gasteiger partial charge on any atom is 0.161 e. The molecule has 4 nitrogen and oxygen atoms in total. The number of hydrogen-bond donors (Lipinski definition) is 1. The Morgan fingerprint density at radius 1 is 0.964 bits per heavy atom. The Labute approximate surface area is 174 Å². The van der Waals surface area contributed by atoms with Crippen molar-refractivity contribution in [2.45, 2.75) is 32.4 Å². The van der Waals surface area contributed by atoms with E-state index in [-0.39, 0.29) is 12.4 Å². The van der Waals surface area contributed by atoms with Crippen LogP contribution in [0, 0.1) is 5.41 Å². The second-order valence-electron chi connectivity index (χ2n) is 7.97. The lowest BCUT2D eigenvalue weighted by Crippen LogP contribution is -2.38. The van der Waals surface area contributed by atoms with E-state index in [0.717, 1.165) is 23.6 Å². The number of halogens is 1. The van der Waals surface area contributed by atoms with Crippen LogP contribution >= 0.6 is 12.4 Å². The zero-order chi connectivity index (χ0) is 18.5. The molecule has 0 aliphatic carbocycles. The maximum atomic E-state index is 5.98. The van der Waals surface area contributed by atoms with E-state index >= 15 is 0 Å². The smallest absolute Gasteiger partial charge is 0.161 e. The molecule has 2 fully saturated rings. The minimum absolute atomic E-state index is 0. The van der Waals surface area contributed by atoms with E-state index in [1.165, 1.54) is 51.0 Å². The predicted octanol–water partition coefficient (Wildman–Crippen LogP) is 4.27. The van der Waals surface area contributed by atoms with E-state index in [4.69, 9.17) is 9.47 Å². The normalized spacial score (nSPS) is 18.6. The van der Waals surface area contributed by atoms with Crippen molar-refractivity contribution in [3.05, 3.63) is 59.7 Å². The van der Waals surface area contributed by atoms with Crippen molar-refractivity contribution in [2.75, 3.05) is 33.3 Å². The van der Waals surface area contributed by atoms with Gasteiger partial charge in [-0.05, 0) is 67.6 Å². The van der Waals surface area contributed by atoms with E-state index in [2.05, 4.69) is 34.5 Å². The van der Waals surface area contributed by atoms with Crippen molar-refractivity contribution < 1.29 is 9.47 Å². The van der Waals surface area contributed by atoms with E-state index < -0.39 is 0 Å². The molecule has 2 heterocycles. The highest BCUT2D eigenvalue weighted by atomic mass is 35.5. The number of nitrogens with zero attached hydrogens (tertiary/aromatic N) is 1. The van der Waals surface area contributed by atoms with Gasteiger partial charge in [0.15, 0.2) is 11.5 Å². The Morgan fingerprint density at radius 2 is 1.75 bits per heavy atom. The maximum absolute atomic E-state index is 5.98. The first-order valence-corrected chi connectivity index (χ1v) is 10.0.